The SMILES string of the molecule is CC(C)C(C)OCC(O)CNC1CC1. The van der Waals surface area contributed by atoms with E-state index >= 15 is 0 Å². The van der Waals surface area contributed by atoms with Crippen LogP contribution in [-0.4, -0.2) is 36.5 Å². The Morgan fingerprint density at radius 3 is 2.50 bits per heavy atom. The molecule has 2 atom stereocenters. The number of aliphatic hydroxyl groups excluding tert-OH is 1. The van der Waals surface area contributed by atoms with Gasteiger partial charge in [-0.25, -0.2) is 0 Å². The van der Waals surface area contributed by atoms with Crippen molar-refractivity contribution >= 4 is 0 Å². The number of nitrogens with one attached hydrogen (secondary N) is 1. The maximum absolute atomic E-state index is 9.57. The van der Waals surface area contributed by atoms with E-state index in [4.69, 9.17) is 4.74 Å². The number of rotatable bonds is 7. The Hall–Kier alpha value is -0.120. The zero-order chi connectivity index (χ0) is 10.6. The molecule has 2 unspecified atom stereocenters. The van der Waals surface area contributed by atoms with Crippen molar-refractivity contribution < 1.29 is 9.84 Å². The largest absolute Gasteiger partial charge is 0.389 e. The quantitative estimate of drug-likeness (QED) is 0.649. The zero-order valence-electron chi connectivity index (χ0n) is 9.49. The van der Waals surface area contributed by atoms with Gasteiger partial charge in [-0.2, -0.15) is 0 Å². The van der Waals surface area contributed by atoms with Gasteiger partial charge in [0.25, 0.3) is 0 Å². The summed E-state index contributed by atoms with van der Waals surface area (Å²) in [5, 5.41) is 12.8. The number of aliphatic hydroxyl groups is 1. The van der Waals surface area contributed by atoms with Gasteiger partial charge in [0.05, 0.1) is 18.8 Å². The van der Waals surface area contributed by atoms with E-state index < -0.39 is 0 Å². The standard InChI is InChI=1S/C11H23NO2/c1-8(2)9(3)14-7-11(13)6-12-10-4-5-10/h8-13H,4-7H2,1-3H3. The summed E-state index contributed by atoms with van der Waals surface area (Å²) in [6.07, 6.45) is 2.38. The Bertz CT molecular complexity index is 157. The molecule has 0 aromatic heterocycles. The molecular weight excluding hydrogens is 178 g/mol. The van der Waals surface area contributed by atoms with E-state index in [1.54, 1.807) is 0 Å². The summed E-state index contributed by atoms with van der Waals surface area (Å²) in [4.78, 5) is 0. The molecule has 84 valence electrons. The molecule has 1 fully saturated rings. The van der Waals surface area contributed by atoms with Gasteiger partial charge in [0.1, 0.15) is 0 Å². The summed E-state index contributed by atoms with van der Waals surface area (Å²) in [6.45, 7) is 7.40. The van der Waals surface area contributed by atoms with Gasteiger partial charge in [0.15, 0.2) is 0 Å². The Morgan fingerprint density at radius 2 is 2.00 bits per heavy atom. The summed E-state index contributed by atoms with van der Waals surface area (Å²) in [5.74, 6) is 0.513. The fourth-order valence-corrected chi connectivity index (χ4v) is 1.10. The summed E-state index contributed by atoms with van der Waals surface area (Å²) in [7, 11) is 0. The molecule has 3 nitrogen and oxygen atoms in total. The summed E-state index contributed by atoms with van der Waals surface area (Å²) in [5.41, 5.74) is 0. The molecule has 1 aliphatic carbocycles. The van der Waals surface area contributed by atoms with E-state index in [1.165, 1.54) is 12.8 Å². The van der Waals surface area contributed by atoms with Crippen molar-refractivity contribution in [1.82, 2.24) is 5.32 Å². The molecule has 0 amide bonds. The highest BCUT2D eigenvalue weighted by Gasteiger charge is 2.21. The van der Waals surface area contributed by atoms with Crippen molar-refractivity contribution in [1.29, 1.82) is 0 Å². The second kappa shape index (κ2) is 5.69. The number of hydrogen-bond acceptors (Lipinski definition) is 3. The average molecular weight is 201 g/mol. The minimum Gasteiger partial charge on any atom is -0.389 e. The Kier molecular flexibility index (Phi) is 4.85. The minimum atomic E-state index is -0.364. The van der Waals surface area contributed by atoms with Crippen LogP contribution in [-0.2, 0) is 4.74 Å². The van der Waals surface area contributed by atoms with Crippen molar-refractivity contribution in [3.63, 3.8) is 0 Å². The van der Waals surface area contributed by atoms with Gasteiger partial charge in [-0.1, -0.05) is 13.8 Å². The Morgan fingerprint density at radius 1 is 1.36 bits per heavy atom. The van der Waals surface area contributed by atoms with Crippen molar-refractivity contribution in [3.05, 3.63) is 0 Å². The molecule has 0 aromatic rings. The van der Waals surface area contributed by atoms with E-state index in [0.717, 1.165) is 0 Å². The van der Waals surface area contributed by atoms with E-state index in [1.807, 2.05) is 6.92 Å². The fraction of sp³-hybridized carbons (Fsp3) is 1.00. The first-order valence-corrected chi connectivity index (χ1v) is 5.62. The van der Waals surface area contributed by atoms with Crippen molar-refractivity contribution in [2.75, 3.05) is 13.2 Å². The first kappa shape index (κ1) is 12.0. The minimum absolute atomic E-state index is 0.227. The van der Waals surface area contributed by atoms with E-state index in [-0.39, 0.29) is 12.2 Å². The molecule has 0 aliphatic heterocycles. The average Bonchev–Trinajstić information content (AvgIpc) is 2.94. The molecule has 2 N–H and O–H groups in total. The lowest BCUT2D eigenvalue weighted by molar-refractivity contribution is -0.0191. The van der Waals surface area contributed by atoms with Gasteiger partial charge in [0.2, 0.25) is 0 Å². The second-order valence-corrected chi connectivity index (χ2v) is 4.62. The molecule has 0 bridgehead atoms. The maximum Gasteiger partial charge on any atom is 0.0897 e. The lowest BCUT2D eigenvalue weighted by Crippen LogP contribution is -2.33. The molecule has 1 aliphatic rings. The number of ether oxygens (including phenoxy) is 1. The Labute approximate surface area is 86.8 Å². The van der Waals surface area contributed by atoms with Crippen LogP contribution in [0.25, 0.3) is 0 Å². The first-order valence-electron chi connectivity index (χ1n) is 5.62. The maximum atomic E-state index is 9.57. The lowest BCUT2D eigenvalue weighted by atomic mass is 10.1. The Balaban J connectivity index is 1.98. The topological polar surface area (TPSA) is 41.5 Å². The molecule has 0 saturated heterocycles. The van der Waals surface area contributed by atoms with Crippen LogP contribution in [0.4, 0.5) is 0 Å². The molecule has 3 heteroatoms. The fourth-order valence-electron chi connectivity index (χ4n) is 1.10. The van der Waals surface area contributed by atoms with Crippen molar-refractivity contribution in [2.24, 2.45) is 5.92 Å². The predicted octanol–water partition coefficient (Wildman–Crippen LogP) is 1.16. The third-order valence-electron chi connectivity index (χ3n) is 2.71. The highest BCUT2D eigenvalue weighted by Crippen LogP contribution is 2.18. The van der Waals surface area contributed by atoms with Crippen LogP contribution in [0.1, 0.15) is 33.6 Å². The van der Waals surface area contributed by atoms with Gasteiger partial charge in [-0.3, -0.25) is 0 Å². The van der Waals surface area contributed by atoms with Crippen LogP contribution < -0.4 is 5.32 Å². The van der Waals surface area contributed by atoms with Crippen LogP contribution in [0.3, 0.4) is 0 Å². The smallest absolute Gasteiger partial charge is 0.0897 e. The van der Waals surface area contributed by atoms with Gasteiger partial charge in [0, 0.05) is 12.6 Å². The second-order valence-electron chi connectivity index (χ2n) is 4.62. The monoisotopic (exact) mass is 201 g/mol. The molecule has 0 spiro atoms. The molecule has 1 saturated carbocycles. The van der Waals surface area contributed by atoms with Gasteiger partial charge >= 0.3 is 0 Å². The third-order valence-corrected chi connectivity index (χ3v) is 2.71. The van der Waals surface area contributed by atoms with Gasteiger partial charge in [-0.05, 0) is 25.7 Å². The highest BCUT2D eigenvalue weighted by atomic mass is 16.5. The van der Waals surface area contributed by atoms with Crippen LogP contribution in [0, 0.1) is 5.92 Å². The molecule has 0 aromatic carbocycles. The van der Waals surface area contributed by atoms with Crippen molar-refractivity contribution in [2.45, 2.75) is 51.9 Å². The zero-order valence-corrected chi connectivity index (χ0v) is 9.49. The van der Waals surface area contributed by atoms with E-state index in [9.17, 15) is 5.11 Å². The highest BCUT2D eigenvalue weighted by molar-refractivity contribution is 4.81. The molecule has 14 heavy (non-hydrogen) atoms. The predicted molar refractivity (Wildman–Crippen MR) is 57.3 cm³/mol. The molecule has 1 rings (SSSR count). The van der Waals surface area contributed by atoms with Gasteiger partial charge < -0.3 is 15.2 Å². The summed E-state index contributed by atoms with van der Waals surface area (Å²) >= 11 is 0. The van der Waals surface area contributed by atoms with Crippen LogP contribution in [0.5, 0.6) is 0 Å². The molecule has 0 radical (unpaired) electrons. The van der Waals surface area contributed by atoms with Crippen LogP contribution in [0.15, 0.2) is 0 Å². The van der Waals surface area contributed by atoms with E-state index in [2.05, 4.69) is 19.2 Å². The summed E-state index contributed by atoms with van der Waals surface area (Å²) < 4.78 is 5.53. The summed E-state index contributed by atoms with van der Waals surface area (Å²) in [6, 6.07) is 0.659. The normalized spacial score (nSPS) is 21.2. The molecule has 0 heterocycles. The van der Waals surface area contributed by atoms with Gasteiger partial charge in [-0.15, -0.1) is 0 Å². The number of hydrogen-bond donors (Lipinski definition) is 2. The third kappa shape index (κ3) is 4.94. The lowest BCUT2D eigenvalue weighted by Gasteiger charge is -2.19. The van der Waals surface area contributed by atoms with E-state index in [0.29, 0.717) is 25.1 Å². The first-order chi connectivity index (χ1) is 6.59. The van der Waals surface area contributed by atoms with Crippen LogP contribution >= 0.6 is 0 Å². The van der Waals surface area contributed by atoms with Crippen LogP contribution in [0.2, 0.25) is 0 Å². The molecular formula is C11H23NO2. The van der Waals surface area contributed by atoms with Crippen molar-refractivity contribution in [3.8, 4) is 0 Å².